The number of rotatable bonds is 4. The van der Waals surface area contributed by atoms with Gasteiger partial charge in [0.1, 0.15) is 0 Å². The normalized spacial score (nSPS) is 12.3. The Hall–Kier alpha value is -1.06. The fraction of sp³-hybridized carbons (Fsp3) is 0.545. The van der Waals surface area contributed by atoms with E-state index in [1.807, 2.05) is 13.8 Å². The Morgan fingerprint density at radius 3 is 2.20 bits per heavy atom. The third kappa shape index (κ3) is 12.9. The molecule has 15 heavy (non-hydrogen) atoms. The van der Waals surface area contributed by atoms with Crippen molar-refractivity contribution in [3.05, 3.63) is 24.9 Å². The smallest absolute Gasteiger partial charge is 0.262 e. The molecular formula is C11H18F3N. The van der Waals surface area contributed by atoms with Gasteiger partial charge in [0.25, 0.3) is 0 Å². The van der Waals surface area contributed by atoms with E-state index in [1.165, 1.54) is 12.3 Å². The molecule has 0 aromatic rings. The second-order valence-electron chi connectivity index (χ2n) is 2.42. The molecule has 0 aliphatic carbocycles. The highest BCUT2D eigenvalue weighted by molar-refractivity contribution is 5.94. The first-order valence-corrected chi connectivity index (χ1v) is 4.86. The Balaban J connectivity index is 0. The van der Waals surface area contributed by atoms with Crippen LogP contribution in [-0.2, 0) is 0 Å². The molecule has 0 heterocycles. The van der Waals surface area contributed by atoms with Crippen molar-refractivity contribution in [2.24, 2.45) is 4.99 Å². The van der Waals surface area contributed by atoms with Crippen LogP contribution in [0.4, 0.5) is 13.2 Å². The molecule has 0 N–H and O–H groups in total. The topological polar surface area (TPSA) is 12.4 Å². The molecule has 0 aromatic carbocycles. The van der Waals surface area contributed by atoms with Crippen LogP contribution in [0.5, 0.6) is 0 Å². The second-order valence-corrected chi connectivity index (χ2v) is 2.42. The van der Waals surface area contributed by atoms with Crippen LogP contribution in [0.25, 0.3) is 0 Å². The zero-order valence-electron chi connectivity index (χ0n) is 9.43. The van der Waals surface area contributed by atoms with E-state index in [0.29, 0.717) is 5.71 Å². The number of halogens is 3. The van der Waals surface area contributed by atoms with E-state index in [2.05, 4.69) is 11.6 Å². The highest BCUT2D eigenvalue weighted by atomic mass is 19.4. The van der Waals surface area contributed by atoms with Crippen molar-refractivity contribution in [3.8, 4) is 0 Å². The van der Waals surface area contributed by atoms with Crippen LogP contribution in [0.3, 0.4) is 0 Å². The highest BCUT2D eigenvalue weighted by Crippen LogP contribution is 2.21. The van der Waals surface area contributed by atoms with E-state index < -0.39 is 12.6 Å². The maximum atomic E-state index is 11.8. The number of nitrogens with zero attached hydrogens (tertiary/aromatic N) is 1. The van der Waals surface area contributed by atoms with Crippen molar-refractivity contribution in [1.82, 2.24) is 0 Å². The van der Waals surface area contributed by atoms with Crippen molar-refractivity contribution < 1.29 is 13.2 Å². The minimum Gasteiger partial charge on any atom is -0.262 e. The Morgan fingerprint density at radius 2 is 1.87 bits per heavy atom. The molecule has 0 aliphatic rings. The first-order chi connectivity index (χ1) is 6.99. The number of hydrogen-bond donors (Lipinski definition) is 0. The summed E-state index contributed by atoms with van der Waals surface area (Å²) in [5.41, 5.74) is 0.357. The molecule has 0 unspecified atom stereocenters. The molecule has 0 saturated heterocycles. The van der Waals surface area contributed by atoms with Crippen LogP contribution in [0, 0.1) is 0 Å². The van der Waals surface area contributed by atoms with Gasteiger partial charge in [-0.25, -0.2) is 0 Å². The molecule has 0 radical (unpaired) electrons. The lowest BCUT2D eigenvalue weighted by Crippen LogP contribution is -2.09. The fourth-order valence-electron chi connectivity index (χ4n) is 0.659. The van der Waals surface area contributed by atoms with Crippen LogP contribution in [-0.4, -0.2) is 11.9 Å². The molecule has 88 valence electrons. The molecule has 0 saturated carbocycles. The Labute approximate surface area is 89.4 Å². The lowest BCUT2D eigenvalue weighted by Gasteiger charge is -2.04. The molecule has 0 atom stereocenters. The quantitative estimate of drug-likeness (QED) is 0.619. The standard InChI is InChI=1S/C9H12F3N.C2H6/c1-3-7-13-8(4-2)5-6-9(10,11)12;1-2/h3-4,7H,2,5-6H2,1H3;1-2H3/b7-3-,13-8?;. The first kappa shape index (κ1) is 16.4. The molecule has 0 aliphatic heterocycles. The number of allylic oxidation sites excluding steroid dienone is 2. The van der Waals surface area contributed by atoms with Gasteiger partial charge in [0.05, 0.1) is 0 Å². The minimum absolute atomic E-state index is 0.114. The van der Waals surface area contributed by atoms with Gasteiger partial charge in [-0.3, -0.25) is 4.99 Å². The van der Waals surface area contributed by atoms with E-state index in [0.717, 1.165) is 0 Å². The van der Waals surface area contributed by atoms with Gasteiger partial charge in [0.2, 0.25) is 0 Å². The van der Waals surface area contributed by atoms with Gasteiger partial charge in [0.15, 0.2) is 0 Å². The summed E-state index contributed by atoms with van der Waals surface area (Å²) in [5, 5.41) is 0. The minimum atomic E-state index is -4.13. The van der Waals surface area contributed by atoms with Gasteiger partial charge >= 0.3 is 6.18 Å². The molecule has 0 spiro atoms. The van der Waals surface area contributed by atoms with E-state index in [9.17, 15) is 13.2 Å². The number of aliphatic imine (C=N–C) groups is 1. The highest BCUT2D eigenvalue weighted by Gasteiger charge is 2.26. The Morgan fingerprint density at radius 1 is 1.33 bits per heavy atom. The summed E-state index contributed by atoms with van der Waals surface area (Å²) >= 11 is 0. The summed E-state index contributed by atoms with van der Waals surface area (Å²) < 4.78 is 35.3. The van der Waals surface area contributed by atoms with Gasteiger partial charge in [-0.1, -0.05) is 26.5 Å². The van der Waals surface area contributed by atoms with Gasteiger partial charge in [-0.15, -0.1) is 0 Å². The summed E-state index contributed by atoms with van der Waals surface area (Å²) in [4.78, 5) is 3.78. The van der Waals surface area contributed by atoms with Crippen molar-refractivity contribution in [3.63, 3.8) is 0 Å². The zero-order valence-corrected chi connectivity index (χ0v) is 9.43. The van der Waals surface area contributed by atoms with Crippen LogP contribution in [0.1, 0.15) is 33.6 Å². The third-order valence-corrected chi connectivity index (χ3v) is 1.29. The summed E-state index contributed by atoms with van der Waals surface area (Å²) in [6.45, 7) is 9.13. The maximum absolute atomic E-state index is 11.8. The van der Waals surface area contributed by atoms with Crippen molar-refractivity contribution in [2.75, 3.05) is 0 Å². The van der Waals surface area contributed by atoms with E-state index >= 15 is 0 Å². The summed E-state index contributed by atoms with van der Waals surface area (Å²) in [6, 6.07) is 0. The van der Waals surface area contributed by atoms with Crippen LogP contribution in [0.15, 0.2) is 29.9 Å². The third-order valence-electron chi connectivity index (χ3n) is 1.29. The van der Waals surface area contributed by atoms with Crippen molar-refractivity contribution in [2.45, 2.75) is 39.8 Å². The summed E-state index contributed by atoms with van der Waals surface area (Å²) in [6.07, 6.45) is -0.650. The molecule has 1 nitrogen and oxygen atoms in total. The van der Waals surface area contributed by atoms with Gasteiger partial charge in [-0.2, -0.15) is 13.2 Å². The second kappa shape index (κ2) is 9.49. The van der Waals surface area contributed by atoms with Crippen molar-refractivity contribution in [1.29, 1.82) is 0 Å². The monoisotopic (exact) mass is 221 g/mol. The lowest BCUT2D eigenvalue weighted by molar-refractivity contribution is -0.132. The van der Waals surface area contributed by atoms with Crippen molar-refractivity contribution >= 4 is 5.71 Å². The van der Waals surface area contributed by atoms with E-state index in [1.54, 1.807) is 13.0 Å². The molecule has 0 aromatic heterocycles. The van der Waals surface area contributed by atoms with Crippen LogP contribution in [0.2, 0.25) is 0 Å². The first-order valence-electron chi connectivity index (χ1n) is 4.86. The Kier molecular flexibility index (Phi) is 10.4. The maximum Gasteiger partial charge on any atom is 0.389 e. The SMILES string of the molecule is C=CC(CCC(F)(F)F)=N/C=C\C.CC. The molecule has 4 heteroatoms. The zero-order chi connectivity index (χ0) is 12.3. The average molecular weight is 221 g/mol. The molecule has 0 fully saturated rings. The predicted molar refractivity (Wildman–Crippen MR) is 59.1 cm³/mol. The lowest BCUT2D eigenvalue weighted by atomic mass is 10.2. The van der Waals surface area contributed by atoms with Crippen LogP contribution < -0.4 is 0 Å². The Bertz CT molecular complexity index is 214. The summed E-state index contributed by atoms with van der Waals surface area (Å²) in [7, 11) is 0. The van der Waals surface area contributed by atoms with E-state index in [4.69, 9.17) is 0 Å². The van der Waals surface area contributed by atoms with Gasteiger partial charge < -0.3 is 0 Å². The molecular weight excluding hydrogens is 203 g/mol. The number of alkyl halides is 3. The van der Waals surface area contributed by atoms with E-state index in [-0.39, 0.29) is 6.42 Å². The van der Waals surface area contributed by atoms with Gasteiger partial charge in [-0.05, 0) is 19.4 Å². The number of hydrogen-bond acceptors (Lipinski definition) is 1. The molecule has 0 amide bonds. The average Bonchev–Trinajstić information content (AvgIpc) is 2.20. The molecule has 0 rings (SSSR count). The van der Waals surface area contributed by atoms with Crippen LogP contribution >= 0.6 is 0 Å². The fourth-order valence-corrected chi connectivity index (χ4v) is 0.659. The largest absolute Gasteiger partial charge is 0.389 e. The summed E-state index contributed by atoms with van der Waals surface area (Å²) in [5.74, 6) is 0. The molecule has 0 bridgehead atoms. The predicted octanol–water partition coefficient (Wildman–Crippen LogP) is 4.52. The van der Waals surface area contributed by atoms with Gasteiger partial charge in [0, 0.05) is 18.3 Å².